The molecule has 3 heterocycles. The number of hydrogen-bond acceptors (Lipinski definition) is 4. The van der Waals surface area contributed by atoms with Gasteiger partial charge < -0.3 is 0 Å². The number of aryl methyl sites for hydroxylation is 6. The monoisotopic (exact) mass is 331 g/mol. The second kappa shape index (κ2) is 5.92. The molecule has 0 atom stereocenters. The third-order valence-corrected chi connectivity index (χ3v) is 4.80. The summed E-state index contributed by atoms with van der Waals surface area (Å²) < 4.78 is 1.87. The minimum Gasteiger partial charge on any atom is -0.256 e. The molecule has 5 heteroatoms. The summed E-state index contributed by atoms with van der Waals surface area (Å²) in [6.45, 7) is 8.22. The van der Waals surface area contributed by atoms with Crippen molar-refractivity contribution < 1.29 is 0 Å². The number of fused-ring (bicyclic) bond motifs is 2. The zero-order chi connectivity index (χ0) is 17.6. The number of benzene rings is 1. The molecule has 0 fully saturated rings. The Morgan fingerprint density at radius 1 is 0.920 bits per heavy atom. The molecule has 0 saturated carbocycles. The molecule has 3 aromatic heterocycles. The van der Waals surface area contributed by atoms with Crippen LogP contribution in [0, 0.1) is 27.7 Å². The molecule has 4 rings (SSSR count). The minimum absolute atomic E-state index is 0.768. The fraction of sp³-hybridized carbons (Fsp3) is 0.300. The Morgan fingerprint density at radius 2 is 1.72 bits per heavy atom. The molecular formula is C20H21N5. The van der Waals surface area contributed by atoms with Crippen LogP contribution in [0.5, 0.6) is 0 Å². The first-order chi connectivity index (χ1) is 12.0. The van der Waals surface area contributed by atoms with E-state index in [4.69, 9.17) is 4.98 Å². The van der Waals surface area contributed by atoms with Gasteiger partial charge >= 0.3 is 0 Å². The van der Waals surface area contributed by atoms with Crippen LogP contribution in [0.3, 0.4) is 0 Å². The van der Waals surface area contributed by atoms with Crippen molar-refractivity contribution in [2.24, 2.45) is 0 Å². The van der Waals surface area contributed by atoms with Crippen LogP contribution in [0.15, 0.2) is 30.5 Å². The van der Waals surface area contributed by atoms with Crippen LogP contribution < -0.4 is 0 Å². The molecule has 5 nitrogen and oxygen atoms in total. The van der Waals surface area contributed by atoms with E-state index in [0.717, 1.165) is 46.9 Å². The van der Waals surface area contributed by atoms with Crippen molar-refractivity contribution in [1.82, 2.24) is 24.6 Å². The predicted octanol–water partition coefficient (Wildman–Crippen LogP) is 3.69. The maximum atomic E-state index is 4.86. The molecule has 0 aliphatic rings. The smallest absolute Gasteiger partial charge is 0.177 e. The Hall–Kier alpha value is -2.82. The van der Waals surface area contributed by atoms with Crippen LogP contribution in [0.4, 0.5) is 0 Å². The van der Waals surface area contributed by atoms with E-state index in [1.807, 2.05) is 24.6 Å². The van der Waals surface area contributed by atoms with Gasteiger partial charge in [-0.2, -0.15) is 5.10 Å². The minimum atomic E-state index is 0.768. The van der Waals surface area contributed by atoms with E-state index in [1.165, 1.54) is 16.5 Å². The Morgan fingerprint density at radius 3 is 2.52 bits per heavy atom. The molecule has 0 saturated heterocycles. The van der Waals surface area contributed by atoms with Gasteiger partial charge in [0.1, 0.15) is 0 Å². The van der Waals surface area contributed by atoms with Gasteiger partial charge in [0.2, 0.25) is 0 Å². The fourth-order valence-electron chi connectivity index (χ4n) is 3.09. The van der Waals surface area contributed by atoms with Crippen LogP contribution in [0.2, 0.25) is 0 Å². The number of hydrogen-bond donors (Lipinski definition) is 0. The van der Waals surface area contributed by atoms with E-state index in [9.17, 15) is 0 Å². The van der Waals surface area contributed by atoms with Gasteiger partial charge in [-0.1, -0.05) is 18.2 Å². The SMILES string of the molecule is Cc1ccc2ccc(CCc3nc4c(C)ncc(C)n4n3)nc2c1C. The van der Waals surface area contributed by atoms with E-state index < -0.39 is 0 Å². The summed E-state index contributed by atoms with van der Waals surface area (Å²) in [5.41, 5.74) is 7.43. The van der Waals surface area contributed by atoms with Crippen LogP contribution in [-0.2, 0) is 12.8 Å². The molecule has 0 aliphatic carbocycles. The summed E-state index contributed by atoms with van der Waals surface area (Å²) in [7, 11) is 0. The van der Waals surface area contributed by atoms with Gasteiger partial charge in [0.25, 0.3) is 0 Å². The molecule has 0 bridgehead atoms. The summed E-state index contributed by atoms with van der Waals surface area (Å²) in [5, 5.41) is 5.81. The fourth-order valence-corrected chi connectivity index (χ4v) is 3.09. The number of rotatable bonds is 3. The first-order valence-electron chi connectivity index (χ1n) is 8.56. The van der Waals surface area contributed by atoms with E-state index in [2.05, 4.69) is 53.2 Å². The molecule has 0 aliphatic heterocycles. The van der Waals surface area contributed by atoms with Gasteiger partial charge in [0, 0.05) is 23.7 Å². The normalized spacial score (nSPS) is 11.5. The van der Waals surface area contributed by atoms with Gasteiger partial charge in [-0.3, -0.25) is 9.97 Å². The predicted molar refractivity (Wildman–Crippen MR) is 98.9 cm³/mol. The Balaban J connectivity index is 1.63. The largest absolute Gasteiger partial charge is 0.256 e. The number of aromatic nitrogens is 5. The van der Waals surface area contributed by atoms with Gasteiger partial charge in [-0.05, 0) is 51.3 Å². The van der Waals surface area contributed by atoms with Gasteiger partial charge in [0.15, 0.2) is 11.5 Å². The van der Waals surface area contributed by atoms with Crippen LogP contribution in [0.1, 0.15) is 34.0 Å². The van der Waals surface area contributed by atoms with Crippen molar-refractivity contribution in [3.05, 3.63) is 64.5 Å². The highest BCUT2D eigenvalue weighted by Crippen LogP contribution is 2.20. The van der Waals surface area contributed by atoms with Crippen LogP contribution in [0.25, 0.3) is 16.6 Å². The molecule has 0 radical (unpaired) electrons. The molecule has 0 spiro atoms. The lowest BCUT2D eigenvalue weighted by Gasteiger charge is -2.07. The highest BCUT2D eigenvalue weighted by molar-refractivity contribution is 5.82. The Bertz CT molecular complexity index is 1060. The van der Waals surface area contributed by atoms with E-state index >= 15 is 0 Å². The lowest BCUT2D eigenvalue weighted by Crippen LogP contribution is -1.99. The molecule has 4 aromatic rings. The second-order valence-corrected chi connectivity index (χ2v) is 6.63. The molecular weight excluding hydrogens is 310 g/mol. The highest BCUT2D eigenvalue weighted by Gasteiger charge is 2.10. The summed E-state index contributed by atoms with van der Waals surface area (Å²) in [5.74, 6) is 0.835. The van der Waals surface area contributed by atoms with Crippen molar-refractivity contribution in [2.75, 3.05) is 0 Å². The average molecular weight is 331 g/mol. The zero-order valence-corrected chi connectivity index (χ0v) is 15.0. The quantitative estimate of drug-likeness (QED) is 0.574. The lowest BCUT2D eigenvalue weighted by atomic mass is 10.0. The summed E-state index contributed by atoms with van der Waals surface area (Å²) >= 11 is 0. The highest BCUT2D eigenvalue weighted by atomic mass is 15.3. The third-order valence-electron chi connectivity index (χ3n) is 4.80. The molecule has 25 heavy (non-hydrogen) atoms. The van der Waals surface area contributed by atoms with Crippen molar-refractivity contribution in [3.63, 3.8) is 0 Å². The Kier molecular flexibility index (Phi) is 3.71. The van der Waals surface area contributed by atoms with Gasteiger partial charge in [-0.25, -0.2) is 9.50 Å². The first kappa shape index (κ1) is 15.7. The van der Waals surface area contributed by atoms with Crippen LogP contribution >= 0.6 is 0 Å². The van der Waals surface area contributed by atoms with Crippen molar-refractivity contribution in [3.8, 4) is 0 Å². The van der Waals surface area contributed by atoms with Crippen molar-refractivity contribution >= 4 is 16.6 Å². The van der Waals surface area contributed by atoms with Gasteiger partial charge in [-0.15, -0.1) is 0 Å². The lowest BCUT2D eigenvalue weighted by molar-refractivity contribution is 0.808. The molecule has 126 valence electrons. The second-order valence-electron chi connectivity index (χ2n) is 6.63. The number of nitrogens with zero attached hydrogens (tertiary/aromatic N) is 5. The zero-order valence-electron chi connectivity index (χ0n) is 15.0. The standard InChI is InChI=1S/C20H21N5/c1-12-5-6-16-7-8-17(22-19(16)14(12)3)9-10-18-23-20-15(4)21-11-13(2)25(20)24-18/h5-8,11H,9-10H2,1-4H3. The maximum absolute atomic E-state index is 4.86. The van der Waals surface area contributed by atoms with Crippen molar-refractivity contribution in [2.45, 2.75) is 40.5 Å². The summed E-state index contributed by atoms with van der Waals surface area (Å²) in [6, 6.07) is 8.54. The van der Waals surface area contributed by atoms with Crippen LogP contribution in [-0.4, -0.2) is 24.6 Å². The van der Waals surface area contributed by atoms with Crippen molar-refractivity contribution in [1.29, 1.82) is 0 Å². The maximum Gasteiger partial charge on any atom is 0.177 e. The topological polar surface area (TPSA) is 56.0 Å². The molecule has 0 unspecified atom stereocenters. The first-order valence-corrected chi connectivity index (χ1v) is 8.56. The third kappa shape index (κ3) is 2.76. The van der Waals surface area contributed by atoms with E-state index in [-0.39, 0.29) is 0 Å². The average Bonchev–Trinajstić information content (AvgIpc) is 3.05. The number of pyridine rings is 1. The van der Waals surface area contributed by atoms with E-state index in [0.29, 0.717) is 0 Å². The molecule has 0 N–H and O–H groups in total. The molecule has 1 aromatic carbocycles. The summed E-state index contributed by atoms with van der Waals surface area (Å²) in [4.78, 5) is 13.9. The van der Waals surface area contributed by atoms with Gasteiger partial charge in [0.05, 0.1) is 16.9 Å². The van der Waals surface area contributed by atoms with E-state index in [1.54, 1.807) is 0 Å². The molecule has 0 amide bonds. The summed E-state index contributed by atoms with van der Waals surface area (Å²) in [6.07, 6.45) is 3.42. The Labute approximate surface area is 146 Å².